The van der Waals surface area contributed by atoms with Crippen molar-refractivity contribution in [2.24, 2.45) is 7.05 Å². The van der Waals surface area contributed by atoms with E-state index in [1.807, 2.05) is 14.0 Å². The lowest BCUT2D eigenvalue weighted by Gasteiger charge is -2.09. The summed E-state index contributed by atoms with van der Waals surface area (Å²) in [5, 5.41) is 7.24. The Bertz CT molecular complexity index is 641. The van der Waals surface area contributed by atoms with E-state index in [2.05, 4.69) is 42.3 Å². The summed E-state index contributed by atoms with van der Waals surface area (Å²) in [5.74, 6) is -1.01. The molecule has 0 saturated heterocycles. The normalized spacial score (nSPS) is 10.9. The third-order valence-corrected chi connectivity index (χ3v) is 4.48. The van der Waals surface area contributed by atoms with Gasteiger partial charge in [0, 0.05) is 13.1 Å². The summed E-state index contributed by atoms with van der Waals surface area (Å²) in [4.78, 5) is 0. The summed E-state index contributed by atoms with van der Waals surface area (Å²) < 4.78 is 29.9. The fourth-order valence-electron chi connectivity index (χ4n) is 1.85. The topological polar surface area (TPSA) is 29.9 Å². The summed E-state index contributed by atoms with van der Waals surface area (Å²) in [6, 6.07) is 2.23. The molecule has 1 aromatic carbocycles. The lowest BCUT2D eigenvalue weighted by Crippen LogP contribution is -2.07. The summed E-state index contributed by atoms with van der Waals surface area (Å²) in [6.07, 6.45) is 0.801. The Hall–Kier alpha value is -0.950. The molecule has 0 aliphatic rings. The average Bonchev–Trinajstić information content (AvgIpc) is 2.67. The van der Waals surface area contributed by atoms with E-state index in [0.29, 0.717) is 6.54 Å². The van der Waals surface area contributed by atoms with Gasteiger partial charge in [-0.15, -0.1) is 0 Å². The van der Waals surface area contributed by atoms with Crippen LogP contribution in [0.2, 0.25) is 0 Å². The molecule has 2 aromatic rings. The Morgan fingerprint density at radius 3 is 2.55 bits per heavy atom. The molecule has 1 N–H and O–H groups in total. The van der Waals surface area contributed by atoms with Crippen molar-refractivity contribution in [3.63, 3.8) is 0 Å². The van der Waals surface area contributed by atoms with E-state index in [1.165, 1.54) is 0 Å². The van der Waals surface area contributed by atoms with Crippen LogP contribution in [0.4, 0.5) is 14.5 Å². The molecule has 0 atom stereocenters. The van der Waals surface area contributed by atoms with Gasteiger partial charge in [-0.3, -0.25) is 4.68 Å². The van der Waals surface area contributed by atoms with Crippen molar-refractivity contribution in [1.82, 2.24) is 9.78 Å². The number of halogens is 4. The molecule has 0 spiro atoms. The molecule has 0 aliphatic heterocycles. The van der Waals surface area contributed by atoms with Gasteiger partial charge < -0.3 is 5.32 Å². The van der Waals surface area contributed by atoms with Gasteiger partial charge in [-0.2, -0.15) is 5.10 Å². The van der Waals surface area contributed by atoms with Crippen LogP contribution in [0.25, 0.3) is 0 Å². The third kappa shape index (κ3) is 3.03. The van der Waals surface area contributed by atoms with Gasteiger partial charge in [0.05, 0.1) is 32.6 Å². The van der Waals surface area contributed by atoms with Gasteiger partial charge in [-0.25, -0.2) is 8.78 Å². The number of aryl methyl sites for hydroxylation is 2. The van der Waals surface area contributed by atoms with Crippen LogP contribution in [0.5, 0.6) is 0 Å². The number of hydrogen-bond acceptors (Lipinski definition) is 2. The highest BCUT2D eigenvalue weighted by atomic mass is 79.9. The highest BCUT2D eigenvalue weighted by molar-refractivity contribution is 9.10. The Labute approximate surface area is 132 Å². The van der Waals surface area contributed by atoms with Crippen molar-refractivity contribution in [3.8, 4) is 0 Å². The molecule has 0 saturated carbocycles. The fraction of sp³-hybridized carbons (Fsp3) is 0.308. The van der Waals surface area contributed by atoms with Crippen molar-refractivity contribution in [2.75, 3.05) is 5.32 Å². The molecule has 2 rings (SSSR count). The molecule has 0 bridgehead atoms. The molecule has 0 aliphatic carbocycles. The minimum atomic E-state index is -0.507. The zero-order chi connectivity index (χ0) is 14.9. The average molecular weight is 409 g/mol. The second-order valence-electron chi connectivity index (χ2n) is 4.28. The van der Waals surface area contributed by atoms with E-state index in [0.717, 1.165) is 34.4 Å². The molecule has 1 heterocycles. The number of benzene rings is 1. The first kappa shape index (κ1) is 15.4. The van der Waals surface area contributed by atoms with Crippen LogP contribution >= 0.6 is 31.9 Å². The van der Waals surface area contributed by atoms with Crippen LogP contribution in [0.15, 0.2) is 21.1 Å². The van der Waals surface area contributed by atoms with Gasteiger partial charge in [0.15, 0.2) is 0 Å². The highest BCUT2D eigenvalue weighted by Crippen LogP contribution is 2.26. The third-order valence-electron chi connectivity index (χ3n) is 2.96. The summed E-state index contributed by atoms with van der Waals surface area (Å²) in [5.41, 5.74) is 1.94. The van der Waals surface area contributed by atoms with Gasteiger partial charge in [0.25, 0.3) is 0 Å². The second-order valence-corrected chi connectivity index (χ2v) is 5.93. The van der Waals surface area contributed by atoms with Gasteiger partial charge in [0.1, 0.15) is 11.6 Å². The molecule has 0 amide bonds. The number of nitrogens with zero attached hydrogens (tertiary/aromatic N) is 2. The minimum absolute atomic E-state index is 0.107. The summed E-state index contributed by atoms with van der Waals surface area (Å²) in [6.45, 7) is 2.36. The standard InChI is InChI=1S/C13H13Br2F2N3/c1-3-10-13(15)12(20(2)19-10)6-18-11-5-8(16)7(14)4-9(11)17/h4-5,18H,3,6H2,1-2H3. The Morgan fingerprint density at radius 1 is 1.25 bits per heavy atom. The largest absolute Gasteiger partial charge is 0.377 e. The van der Waals surface area contributed by atoms with Crippen molar-refractivity contribution >= 4 is 37.5 Å². The van der Waals surface area contributed by atoms with E-state index in [9.17, 15) is 8.78 Å². The highest BCUT2D eigenvalue weighted by Gasteiger charge is 2.14. The van der Waals surface area contributed by atoms with E-state index in [1.54, 1.807) is 4.68 Å². The predicted molar refractivity (Wildman–Crippen MR) is 81.7 cm³/mol. The van der Waals surface area contributed by atoms with E-state index in [-0.39, 0.29) is 10.2 Å². The second kappa shape index (κ2) is 6.22. The predicted octanol–water partition coefficient (Wildman–Crippen LogP) is 4.40. The lowest BCUT2D eigenvalue weighted by atomic mass is 10.2. The zero-order valence-corrected chi connectivity index (χ0v) is 14.1. The number of aromatic nitrogens is 2. The maximum absolute atomic E-state index is 13.7. The number of nitrogens with one attached hydrogen (secondary N) is 1. The number of hydrogen-bond donors (Lipinski definition) is 1. The van der Waals surface area contributed by atoms with Crippen LogP contribution < -0.4 is 5.32 Å². The Kier molecular flexibility index (Phi) is 4.80. The Balaban J connectivity index is 2.21. The van der Waals surface area contributed by atoms with Crippen molar-refractivity contribution < 1.29 is 8.78 Å². The maximum atomic E-state index is 13.7. The van der Waals surface area contributed by atoms with E-state index < -0.39 is 11.6 Å². The van der Waals surface area contributed by atoms with Gasteiger partial charge in [-0.1, -0.05) is 6.92 Å². The molecule has 0 unspecified atom stereocenters. The SMILES string of the molecule is CCc1nn(C)c(CNc2cc(F)c(Br)cc2F)c1Br. The summed E-state index contributed by atoms with van der Waals surface area (Å²) >= 11 is 6.43. The molecule has 1 aromatic heterocycles. The van der Waals surface area contributed by atoms with Crippen molar-refractivity contribution in [1.29, 1.82) is 0 Å². The van der Waals surface area contributed by atoms with E-state index >= 15 is 0 Å². The van der Waals surface area contributed by atoms with Crippen LogP contribution in [0.1, 0.15) is 18.3 Å². The molecule has 0 fully saturated rings. The quantitative estimate of drug-likeness (QED) is 0.760. The molecule has 3 nitrogen and oxygen atoms in total. The Morgan fingerprint density at radius 2 is 1.95 bits per heavy atom. The van der Waals surface area contributed by atoms with Gasteiger partial charge in [0.2, 0.25) is 0 Å². The lowest BCUT2D eigenvalue weighted by molar-refractivity contribution is 0.596. The van der Waals surface area contributed by atoms with Gasteiger partial charge in [-0.05, 0) is 44.3 Å². The molecule has 7 heteroatoms. The molecule has 20 heavy (non-hydrogen) atoms. The zero-order valence-electron chi connectivity index (χ0n) is 11.0. The first-order valence-electron chi connectivity index (χ1n) is 6.02. The van der Waals surface area contributed by atoms with Crippen LogP contribution in [0.3, 0.4) is 0 Å². The maximum Gasteiger partial charge on any atom is 0.147 e. The number of anilines is 1. The first-order valence-corrected chi connectivity index (χ1v) is 7.61. The smallest absolute Gasteiger partial charge is 0.147 e. The van der Waals surface area contributed by atoms with Gasteiger partial charge >= 0.3 is 0 Å². The van der Waals surface area contributed by atoms with E-state index in [4.69, 9.17) is 0 Å². The molecule has 0 radical (unpaired) electrons. The monoisotopic (exact) mass is 407 g/mol. The van der Waals surface area contributed by atoms with Crippen LogP contribution in [-0.4, -0.2) is 9.78 Å². The fourth-order valence-corrected chi connectivity index (χ4v) is 2.92. The molecular weight excluding hydrogens is 396 g/mol. The summed E-state index contributed by atoms with van der Waals surface area (Å²) in [7, 11) is 1.82. The van der Waals surface area contributed by atoms with Crippen molar-refractivity contribution in [3.05, 3.63) is 44.1 Å². The first-order chi connectivity index (χ1) is 9.43. The molecular formula is C13H13Br2F2N3. The number of rotatable bonds is 4. The van der Waals surface area contributed by atoms with Crippen molar-refractivity contribution in [2.45, 2.75) is 19.9 Å². The van der Waals surface area contributed by atoms with Crippen LogP contribution in [-0.2, 0) is 20.0 Å². The van der Waals surface area contributed by atoms with Crippen LogP contribution in [0, 0.1) is 11.6 Å². The molecule has 108 valence electrons. The minimum Gasteiger partial charge on any atom is -0.377 e.